The van der Waals surface area contributed by atoms with Crippen LogP contribution < -0.4 is 15.0 Å². The molecule has 3 aromatic carbocycles. The minimum absolute atomic E-state index is 0.0349. The first-order chi connectivity index (χ1) is 17.1. The number of anilines is 2. The summed E-state index contributed by atoms with van der Waals surface area (Å²) in [5.74, 6) is 0.0346. The van der Waals surface area contributed by atoms with Gasteiger partial charge in [0, 0.05) is 38.6 Å². The van der Waals surface area contributed by atoms with Gasteiger partial charge >= 0.3 is 0 Å². The molecule has 1 N–H and O–H groups in total. The van der Waals surface area contributed by atoms with E-state index in [1.807, 2.05) is 44.1 Å². The number of benzene rings is 3. The Labute approximate surface area is 212 Å². The molecule has 0 saturated heterocycles. The van der Waals surface area contributed by atoms with Crippen LogP contribution in [0, 0.1) is 5.82 Å². The summed E-state index contributed by atoms with van der Waals surface area (Å²) in [7, 11) is 1.48. The highest BCUT2D eigenvalue weighted by atomic mass is 32.2. The summed E-state index contributed by atoms with van der Waals surface area (Å²) in [5.41, 5.74) is 2.99. The van der Waals surface area contributed by atoms with Crippen molar-refractivity contribution in [2.45, 2.75) is 31.2 Å². The average Bonchev–Trinajstić information content (AvgIpc) is 2.84. The maximum absolute atomic E-state index is 13.4. The molecule has 9 heteroatoms. The van der Waals surface area contributed by atoms with Crippen molar-refractivity contribution >= 4 is 27.3 Å². The molecule has 1 amide bonds. The summed E-state index contributed by atoms with van der Waals surface area (Å²) in [6.45, 7) is 2.29. The smallest absolute Gasteiger partial charge is 0.243 e. The predicted molar refractivity (Wildman–Crippen MR) is 140 cm³/mol. The molecule has 0 spiro atoms. The summed E-state index contributed by atoms with van der Waals surface area (Å²) in [4.78, 5) is 14.6. The van der Waals surface area contributed by atoms with Crippen molar-refractivity contribution in [3.8, 4) is 5.75 Å². The Kier molecular flexibility index (Phi) is 9.06. The van der Waals surface area contributed by atoms with E-state index in [1.165, 1.54) is 16.4 Å². The number of carbonyl (C=O) groups is 1. The number of hydrogen-bond donors (Lipinski definition) is 1. The van der Waals surface area contributed by atoms with Crippen LogP contribution in [0.1, 0.15) is 24.5 Å². The molecule has 0 aromatic heterocycles. The van der Waals surface area contributed by atoms with Gasteiger partial charge < -0.3 is 15.0 Å². The van der Waals surface area contributed by atoms with Crippen molar-refractivity contribution in [1.82, 2.24) is 4.31 Å². The summed E-state index contributed by atoms with van der Waals surface area (Å²) < 4.78 is 46.6. The fourth-order valence-corrected chi connectivity index (χ4v) is 5.35. The van der Waals surface area contributed by atoms with E-state index in [2.05, 4.69) is 5.32 Å². The molecule has 36 heavy (non-hydrogen) atoms. The van der Waals surface area contributed by atoms with Crippen LogP contribution >= 0.6 is 0 Å². The van der Waals surface area contributed by atoms with Crippen LogP contribution in [0.3, 0.4) is 0 Å². The van der Waals surface area contributed by atoms with E-state index in [9.17, 15) is 17.6 Å². The quantitative estimate of drug-likeness (QED) is 0.403. The van der Waals surface area contributed by atoms with Gasteiger partial charge in [-0.15, -0.1) is 0 Å². The highest BCUT2D eigenvalue weighted by molar-refractivity contribution is 7.89. The average molecular weight is 514 g/mol. The molecular weight excluding hydrogens is 481 g/mol. The van der Waals surface area contributed by atoms with Crippen molar-refractivity contribution in [2.24, 2.45) is 0 Å². The molecule has 0 radical (unpaired) electrons. The summed E-state index contributed by atoms with van der Waals surface area (Å²) in [5, 5.41) is 2.91. The molecule has 0 fully saturated rings. The topological polar surface area (TPSA) is 79.0 Å². The lowest BCUT2D eigenvalue weighted by Gasteiger charge is -2.25. The number of methoxy groups -OCH3 is 1. The Balaban J connectivity index is 1.84. The molecular formula is C27H32FN3O4S. The van der Waals surface area contributed by atoms with Crippen molar-refractivity contribution < 1.29 is 22.3 Å². The van der Waals surface area contributed by atoms with Gasteiger partial charge in [0.15, 0.2) is 0 Å². The third kappa shape index (κ3) is 6.83. The normalized spacial score (nSPS) is 11.4. The third-order valence-electron chi connectivity index (χ3n) is 5.64. The fourth-order valence-electron chi connectivity index (χ4n) is 3.84. The zero-order chi connectivity index (χ0) is 26.3. The largest absolute Gasteiger partial charge is 0.497 e. The van der Waals surface area contributed by atoms with Gasteiger partial charge in [0.05, 0.1) is 18.4 Å². The molecule has 0 bridgehead atoms. The second-order valence-corrected chi connectivity index (χ2v) is 10.5. The Bertz CT molecular complexity index is 1280. The molecule has 3 aromatic rings. The lowest BCUT2D eigenvalue weighted by molar-refractivity contribution is -0.115. The first kappa shape index (κ1) is 27.2. The van der Waals surface area contributed by atoms with E-state index in [4.69, 9.17) is 4.74 Å². The van der Waals surface area contributed by atoms with E-state index >= 15 is 0 Å². The van der Waals surface area contributed by atoms with Gasteiger partial charge in [-0.05, 0) is 72.1 Å². The molecule has 0 aliphatic rings. The van der Waals surface area contributed by atoms with Crippen LogP contribution in [0.2, 0.25) is 0 Å². The van der Waals surface area contributed by atoms with Gasteiger partial charge in [0.1, 0.15) is 11.6 Å². The first-order valence-corrected chi connectivity index (χ1v) is 13.1. The number of carbonyl (C=O) groups excluding carboxylic acids is 1. The Morgan fingerprint density at radius 3 is 2.25 bits per heavy atom. The number of hydrogen-bond acceptors (Lipinski definition) is 5. The summed E-state index contributed by atoms with van der Waals surface area (Å²) in [6, 6.07) is 17.5. The number of nitrogens with one attached hydrogen (secondary N) is 1. The Morgan fingerprint density at radius 1 is 1.00 bits per heavy atom. The van der Waals surface area contributed by atoms with E-state index in [0.717, 1.165) is 34.7 Å². The molecule has 7 nitrogen and oxygen atoms in total. The number of nitrogens with zero attached hydrogens (tertiary/aromatic N) is 2. The first-order valence-electron chi connectivity index (χ1n) is 11.6. The van der Waals surface area contributed by atoms with Crippen LogP contribution in [-0.4, -0.2) is 46.4 Å². The van der Waals surface area contributed by atoms with Crippen LogP contribution in [0.4, 0.5) is 15.8 Å². The maximum atomic E-state index is 13.4. The van der Waals surface area contributed by atoms with Crippen LogP contribution in [0.15, 0.2) is 71.6 Å². The molecule has 0 aliphatic carbocycles. The maximum Gasteiger partial charge on any atom is 0.243 e. The zero-order valence-electron chi connectivity index (χ0n) is 21.0. The fraction of sp³-hybridized carbons (Fsp3) is 0.296. The SMILES string of the molecule is CCCN(Cc1cc(NC(=O)Cc2ccc(OC)cc2)ccc1N(C)C)S(=O)(=O)c1ccc(F)cc1. The molecule has 3 rings (SSSR count). The second-order valence-electron chi connectivity index (χ2n) is 8.60. The highest BCUT2D eigenvalue weighted by Crippen LogP contribution is 2.27. The van der Waals surface area contributed by atoms with E-state index in [0.29, 0.717) is 18.7 Å². The lowest BCUT2D eigenvalue weighted by atomic mass is 10.1. The van der Waals surface area contributed by atoms with Crippen LogP contribution in [0.5, 0.6) is 5.75 Å². The van der Waals surface area contributed by atoms with Crippen LogP contribution in [-0.2, 0) is 27.8 Å². The predicted octanol–water partition coefficient (Wildman–Crippen LogP) is 4.68. The van der Waals surface area contributed by atoms with Crippen molar-refractivity contribution in [3.05, 3.63) is 83.7 Å². The summed E-state index contributed by atoms with van der Waals surface area (Å²) >= 11 is 0. The van der Waals surface area contributed by atoms with Gasteiger partial charge in [-0.1, -0.05) is 19.1 Å². The second kappa shape index (κ2) is 12.0. The third-order valence-corrected chi connectivity index (χ3v) is 7.50. The van der Waals surface area contributed by atoms with Gasteiger partial charge in [0.25, 0.3) is 0 Å². The zero-order valence-corrected chi connectivity index (χ0v) is 21.8. The van der Waals surface area contributed by atoms with Crippen LogP contribution in [0.25, 0.3) is 0 Å². The standard InChI is InChI=1S/C27H32FN3O4S/c1-5-16-31(36(33,34)25-13-8-22(28)9-14-25)19-21-18-23(10-15-26(21)30(2)3)29-27(32)17-20-6-11-24(35-4)12-7-20/h6-15,18H,5,16-17,19H2,1-4H3,(H,29,32). The van der Waals surface area contributed by atoms with Crippen molar-refractivity contribution in [3.63, 3.8) is 0 Å². The van der Waals surface area contributed by atoms with Gasteiger partial charge in [0.2, 0.25) is 15.9 Å². The Morgan fingerprint density at radius 2 is 1.67 bits per heavy atom. The highest BCUT2D eigenvalue weighted by Gasteiger charge is 2.25. The minimum Gasteiger partial charge on any atom is -0.497 e. The van der Waals surface area contributed by atoms with E-state index in [1.54, 1.807) is 31.4 Å². The molecule has 0 atom stereocenters. The molecule has 0 unspecified atom stereocenters. The monoisotopic (exact) mass is 513 g/mol. The van der Waals surface area contributed by atoms with E-state index in [-0.39, 0.29) is 23.8 Å². The Hall–Kier alpha value is -3.43. The molecule has 0 aliphatic heterocycles. The van der Waals surface area contributed by atoms with Gasteiger partial charge in [-0.2, -0.15) is 4.31 Å². The number of halogens is 1. The van der Waals surface area contributed by atoms with E-state index < -0.39 is 15.8 Å². The number of rotatable bonds is 11. The van der Waals surface area contributed by atoms with Crippen molar-refractivity contribution in [1.29, 1.82) is 0 Å². The lowest BCUT2D eigenvalue weighted by Crippen LogP contribution is -2.32. The molecule has 0 saturated carbocycles. The summed E-state index contributed by atoms with van der Waals surface area (Å²) in [6.07, 6.45) is 0.797. The van der Waals surface area contributed by atoms with Crippen molar-refractivity contribution in [2.75, 3.05) is 38.0 Å². The minimum atomic E-state index is -3.85. The van der Waals surface area contributed by atoms with Gasteiger partial charge in [-0.25, -0.2) is 12.8 Å². The number of ether oxygens (including phenoxy) is 1. The molecule has 0 heterocycles. The number of amides is 1. The van der Waals surface area contributed by atoms with Gasteiger partial charge in [-0.3, -0.25) is 4.79 Å². The molecule has 192 valence electrons. The number of sulfonamides is 1.